The van der Waals surface area contributed by atoms with Crippen LogP contribution in [0.1, 0.15) is 15.2 Å². The van der Waals surface area contributed by atoms with Gasteiger partial charge in [-0.2, -0.15) is 8.78 Å². The van der Waals surface area contributed by atoms with E-state index in [4.69, 9.17) is 4.74 Å². The molecule has 23 heavy (non-hydrogen) atoms. The first-order valence-electron chi connectivity index (χ1n) is 6.51. The largest absolute Gasteiger partial charge is 0.451 e. The molecular formula is C15H13F2NO4S. The molecule has 5 nitrogen and oxygen atoms in total. The van der Waals surface area contributed by atoms with E-state index in [0.717, 1.165) is 5.56 Å². The van der Waals surface area contributed by atoms with Crippen molar-refractivity contribution in [2.75, 3.05) is 11.9 Å². The zero-order valence-corrected chi connectivity index (χ0v) is 12.9. The Morgan fingerprint density at radius 3 is 2.48 bits per heavy atom. The zero-order chi connectivity index (χ0) is 16.8. The summed E-state index contributed by atoms with van der Waals surface area (Å²) >= 11 is 1.24. The van der Waals surface area contributed by atoms with E-state index in [1.807, 2.05) is 0 Å². The van der Waals surface area contributed by atoms with Gasteiger partial charge in [0.05, 0.1) is 0 Å². The van der Waals surface area contributed by atoms with Crippen molar-refractivity contribution in [3.63, 3.8) is 0 Å². The number of nitrogens with one attached hydrogen (secondary N) is 1. The van der Waals surface area contributed by atoms with Crippen molar-refractivity contribution in [2.24, 2.45) is 0 Å². The van der Waals surface area contributed by atoms with Crippen molar-refractivity contribution in [1.29, 1.82) is 0 Å². The maximum atomic E-state index is 12.0. The molecule has 0 aliphatic heterocycles. The number of carbonyl (C=O) groups excluding carboxylic acids is 2. The van der Waals surface area contributed by atoms with E-state index in [2.05, 4.69) is 10.1 Å². The summed E-state index contributed by atoms with van der Waals surface area (Å²) in [6.45, 7) is -1.57. The predicted octanol–water partition coefficient (Wildman–Crippen LogP) is 3.45. The number of thiophene rings is 1. The number of carbonyl (C=O) groups is 2. The summed E-state index contributed by atoms with van der Waals surface area (Å²) < 4.78 is 33.1. The average molecular weight is 341 g/mol. The number of esters is 1. The second kappa shape index (κ2) is 7.68. The highest BCUT2D eigenvalue weighted by molar-refractivity contribution is 7.12. The number of halogens is 2. The molecule has 8 heteroatoms. The summed E-state index contributed by atoms with van der Waals surface area (Å²) in [6.07, 6.45) is 0. The molecule has 0 saturated carbocycles. The van der Waals surface area contributed by atoms with Gasteiger partial charge < -0.3 is 14.8 Å². The molecule has 1 amide bonds. The summed E-state index contributed by atoms with van der Waals surface area (Å²) in [5, 5.41) is 4.24. The number of benzene rings is 1. The van der Waals surface area contributed by atoms with Crippen LogP contribution in [0.15, 0.2) is 35.7 Å². The molecule has 0 saturated heterocycles. The molecule has 0 aliphatic rings. The lowest BCUT2D eigenvalue weighted by Gasteiger charge is -2.08. The summed E-state index contributed by atoms with van der Waals surface area (Å²) in [5.41, 5.74) is 1.16. The van der Waals surface area contributed by atoms with Crippen LogP contribution in [0, 0.1) is 6.92 Å². The van der Waals surface area contributed by atoms with Gasteiger partial charge in [0.1, 0.15) is 10.6 Å². The van der Waals surface area contributed by atoms with Gasteiger partial charge in [0, 0.05) is 5.69 Å². The van der Waals surface area contributed by atoms with Gasteiger partial charge in [0.25, 0.3) is 5.91 Å². The fourth-order valence-electron chi connectivity index (χ4n) is 1.70. The highest BCUT2D eigenvalue weighted by atomic mass is 32.1. The molecule has 2 rings (SSSR count). The number of ether oxygens (including phenoxy) is 2. The highest BCUT2D eigenvalue weighted by Crippen LogP contribution is 2.18. The molecule has 0 spiro atoms. The van der Waals surface area contributed by atoms with Gasteiger partial charge >= 0.3 is 12.6 Å². The maximum Gasteiger partial charge on any atom is 0.387 e. The standard InChI is InChI=1S/C15H13F2NO4S/c1-9-6-7-23-13(9)14(20)21-8-12(19)18-10-2-4-11(5-3-10)22-15(16)17/h2-7,15H,8H2,1H3,(H,18,19). The Hall–Kier alpha value is -2.48. The molecule has 0 bridgehead atoms. The molecule has 1 N–H and O–H groups in total. The van der Waals surface area contributed by atoms with Crippen LogP contribution in [0.25, 0.3) is 0 Å². The van der Waals surface area contributed by atoms with Gasteiger partial charge in [-0.3, -0.25) is 4.79 Å². The molecule has 1 aromatic carbocycles. The second-order valence-corrected chi connectivity index (χ2v) is 5.38. The predicted molar refractivity (Wildman–Crippen MR) is 81.0 cm³/mol. The van der Waals surface area contributed by atoms with Crippen LogP contribution >= 0.6 is 11.3 Å². The number of rotatable bonds is 6. The minimum atomic E-state index is -2.91. The van der Waals surface area contributed by atoms with Crippen molar-refractivity contribution >= 4 is 28.9 Å². The van der Waals surface area contributed by atoms with E-state index in [1.54, 1.807) is 18.4 Å². The van der Waals surface area contributed by atoms with E-state index < -0.39 is 25.1 Å². The van der Waals surface area contributed by atoms with Crippen LogP contribution in [0.4, 0.5) is 14.5 Å². The minimum absolute atomic E-state index is 0.0161. The number of hydrogen-bond acceptors (Lipinski definition) is 5. The van der Waals surface area contributed by atoms with Crippen LogP contribution in [-0.2, 0) is 9.53 Å². The Morgan fingerprint density at radius 2 is 1.91 bits per heavy atom. The van der Waals surface area contributed by atoms with Gasteiger partial charge in [-0.05, 0) is 48.2 Å². The zero-order valence-electron chi connectivity index (χ0n) is 12.0. The van der Waals surface area contributed by atoms with Crippen molar-refractivity contribution in [1.82, 2.24) is 0 Å². The van der Waals surface area contributed by atoms with Gasteiger partial charge in [-0.15, -0.1) is 11.3 Å². The Morgan fingerprint density at radius 1 is 1.22 bits per heavy atom. The summed E-state index contributed by atoms with van der Waals surface area (Å²) in [7, 11) is 0. The topological polar surface area (TPSA) is 64.6 Å². The Kier molecular flexibility index (Phi) is 5.64. The lowest BCUT2D eigenvalue weighted by Crippen LogP contribution is -2.20. The number of hydrogen-bond donors (Lipinski definition) is 1. The summed E-state index contributed by atoms with van der Waals surface area (Å²) in [4.78, 5) is 23.9. The SMILES string of the molecule is Cc1ccsc1C(=O)OCC(=O)Nc1ccc(OC(F)F)cc1. The second-order valence-electron chi connectivity index (χ2n) is 4.46. The molecular weight excluding hydrogens is 328 g/mol. The van der Waals surface area contributed by atoms with E-state index in [9.17, 15) is 18.4 Å². The van der Waals surface area contributed by atoms with Crippen LogP contribution in [-0.4, -0.2) is 25.1 Å². The van der Waals surface area contributed by atoms with E-state index >= 15 is 0 Å². The third-order valence-electron chi connectivity index (χ3n) is 2.75. The summed E-state index contributed by atoms with van der Waals surface area (Å²) in [5.74, 6) is -1.11. The van der Waals surface area contributed by atoms with Crippen molar-refractivity contribution in [3.8, 4) is 5.75 Å². The molecule has 0 unspecified atom stereocenters. The van der Waals surface area contributed by atoms with Crippen LogP contribution in [0.2, 0.25) is 0 Å². The van der Waals surface area contributed by atoms with Crippen molar-refractivity contribution < 1.29 is 27.8 Å². The third kappa shape index (κ3) is 5.03. The van der Waals surface area contributed by atoms with Crippen LogP contribution in [0.3, 0.4) is 0 Å². The molecule has 122 valence electrons. The van der Waals surface area contributed by atoms with Crippen molar-refractivity contribution in [2.45, 2.75) is 13.5 Å². The van der Waals surface area contributed by atoms with Gasteiger partial charge in [-0.1, -0.05) is 0 Å². The lowest BCUT2D eigenvalue weighted by molar-refractivity contribution is -0.119. The van der Waals surface area contributed by atoms with Crippen LogP contribution < -0.4 is 10.1 Å². The normalized spacial score (nSPS) is 10.4. The molecule has 2 aromatic rings. The molecule has 1 aromatic heterocycles. The maximum absolute atomic E-state index is 12.0. The number of anilines is 1. The van der Waals surface area contributed by atoms with Gasteiger partial charge in [-0.25, -0.2) is 4.79 Å². The van der Waals surface area contributed by atoms with Gasteiger partial charge in [0.15, 0.2) is 6.61 Å². The van der Waals surface area contributed by atoms with E-state index in [-0.39, 0.29) is 5.75 Å². The number of aryl methyl sites for hydroxylation is 1. The smallest absolute Gasteiger partial charge is 0.387 e. The summed E-state index contributed by atoms with van der Waals surface area (Å²) in [6, 6.07) is 7.18. The van der Waals surface area contributed by atoms with E-state index in [0.29, 0.717) is 10.6 Å². The first-order valence-corrected chi connectivity index (χ1v) is 7.39. The number of amides is 1. The fourth-order valence-corrected chi connectivity index (χ4v) is 2.51. The molecule has 0 aliphatic carbocycles. The molecule has 0 fully saturated rings. The molecule has 0 atom stereocenters. The first kappa shape index (κ1) is 16.9. The highest BCUT2D eigenvalue weighted by Gasteiger charge is 2.14. The third-order valence-corrected chi connectivity index (χ3v) is 3.74. The number of alkyl halides is 2. The Balaban J connectivity index is 1.83. The van der Waals surface area contributed by atoms with Gasteiger partial charge in [0.2, 0.25) is 0 Å². The quantitative estimate of drug-likeness (QED) is 0.818. The molecule has 0 radical (unpaired) electrons. The monoisotopic (exact) mass is 341 g/mol. The minimum Gasteiger partial charge on any atom is -0.451 e. The Bertz CT molecular complexity index is 685. The average Bonchev–Trinajstić information content (AvgIpc) is 2.92. The first-order chi connectivity index (χ1) is 11.0. The lowest BCUT2D eigenvalue weighted by atomic mass is 10.3. The van der Waals surface area contributed by atoms with Crippen molar-refractivity contribution in [3.05, 3.63) is 46.2 Å². The Labute approximate surface area is 134 Å². The van der Waals surface area contributed by atoms with E-state index in [1.165, 1.54) is 35.6 Å². The van der Waals surface area contributed by atoms with Crippen LogP contribution in [0.5, 0.6) is 5.75 Å². The molecule has 1 heterocycles. The fraction of sp³-hybridized carbons (Fsp3) is 0.200.